The van der Waals surface area contributed by atoms with Crippen molar-refractivity contribution in [2.75, 3.05) is 0 Å². The van der Waals surface area contributed by atoms with Crippen molar-refractivity contribution in [2.24, 2.45) is 0 Å². The van der Waals surface area contributed by atoms with Gasteiger partial charge in [-0.1, -0.05) is 188 Å². The Labute approximate surface area is 453 Å². The molecule has 0 saturated carbocycles. The molecule has 0 radical (unpaired) electrons. The Kier molecular flexibility index (Phi) is 12.2. The summed E-state index contributed by atoms with van der Waals surface area (Å²) in [6, 6.07) is 82.3. The monoisotopic (exact) mass is 1020 g/mol. The number of hydrogen-bond acceptors (Lipinski definition) is 9. The third-order valence-corrected chi connectivity index (χ3v) is 19.2. The fraction of sp³-hybridized carbons (Fsp3) is 0.0597. The van der Waals surface area contributed by atoms with Gasteiger partial charge in [-0.05, 0) is 96.5 Å². The largest absolute Gasteiger partial charge is 0.309 e. The molecular weight excluding hydrogens is 973 g/mol. The van der Waals surface area contributed by atoms with Crippen molar-refractivity contribution >= 4 is 50.6 Å². The molecule has 0 aliphatic carbocycles. The highest BCUT2D eigenvalue weighted by Gasteiger charge is 2.41. The van der Waals surface area contributed by atoms with Gasteiger partial charge in [-0.2, -0.15) is 0 Å². The van der Waals surface area contributed by atoms with E-state index in [1.165, 1.54) is 20.7 Å². The maximum Gasteiger partial charge on any atom is 0.179 e. The Hall–Kier alpha value is -9.97. The smallest absolute Gasteiger partial charge is 0.179 e. The molecule has 11 heteroatoms. The molecule has 78 heavy (non-hydrogen) atoms. The van der Waals surface area contributed by atoms with E-state index >= 15 is 0 Å². The lowest BCUT2D eigenvalue weighted by molar-refractivity contribution is 0.928. The zero-order valence-electron chi connectivity index (χ0n) is 43.4. The molecule has 13 aromatic rings. The first-order valence-corrected chi connectivity index (χ1v) is 28.0. The van der Waals surface area contributed by atoms with Gasteiger partial charge in [-0.3, -0.25) is 0 Å². The van der Waals surface area contributed by atoms with Crippen LogP contribution in [0.15, 0.2) is 231 Å². The number of aromatic nitrogens is 10. The molecule has 13 rings (SSSR count). The summed E-state index contributed by atoms with van der Waals surface area (Å²) in [5, 5.41) is 7.18. The zero-order chi connectivity index (χ0) is 52.7. The van der Waals surface area contributed by atoms with E-state index in [-0.39, 0.29) is 0 Å². The summed E-state index contributed by atoms with van der Waals surface area (Å²) in [5.74, 6) is 5.61. The third-order valence-electron chi connectivity index (χ3n) is 14.4. The molecule has 4 aromatic heterocycles. The fourth-order valence-corrected chi connectivity index (χ4v) is 15.9. The summed E-state index contributed by atoms with van der Waals surface area (Å²) in [6.45, 7) is 7.62. The van der Waals surface area contributed by atoms with Crippen LogP contribution in [0.25, 0.3) is 95.6 Å². The van der Waals surface area contributed by atoms with Gasteiger partial charge in [0.25, 0.3) is 0 Å². The number of hydrogen-bond donors (Lipinski definition) is 0. The van der Waals surface area contributed by atoms with Crippen LogP contribution in [0.4, 0.5) is 0 Å². The number of aryl methyl sites for hydroxylation is 4. The fourth-order valence-electron chi connectivity index (χ4n) is 11.1. The molecule has 0 aliphatic heterocycles. The quantitative estimate of drug-likeness (QED) is 0.0921. The van der Waals surface area contributed by atoms with E-state index in [2.05, 4.69) is 184 Å². The van der Waals surface area contributed by atoms with Crippen molar-refractivity contribution in [1.29, 1.82) is 0 Å². The van der Waals surface area contributed by atoms with Gasteiger partial charge < -0.3 is 4.57 Å². The first-order valence-electron chi connectivity index (χ1n) is 26.0. The molecule has 0 N–H and O–H groups in total. The summed E-state index contributed by atoms with van der Waals surface area (Å²) in [5.41, 5.74) is 9.39. The first kappa shape index (κ1) is 47.7. The molecule has 0 spiro atoms. The second-order valence-corrected chi connectivity index (χ2v) is 23.3. The van der Waals surface area contributed by atoms with E-state index in [1.54, 1.807) is 0 Å². The molecule has 0 amide bonds. The van der Waals surface area contributed by atoms with E-state index in [9.17, 15) is 0 Å². The van der Waals surface area contributed by atoms with Crippen molar-refractivity contribution in [3.63, 3.8) is 0 Å². The van der Waals surface area contributed by atoms with Crippen molar-refractivity contribution in [3.05, 3.63) is 254 Å². The number of rotatable bonds is 11. The molecule has 0 fully saturated rings. The Morgan fingerprint density at radius 1 is 0.269 bits per heavy atom. The van der Waals surface area contributed by atoms with Gasteiger partial charge >= 0.3 is 0 Å². The van der Waals surface area contributed by atoms with Gasteiger partial charge in [0, 0.05) is 44.2 Å². The van der Waals surface area contributed by atoms with Crippen LogP contribution in [-0.2, 0) is 0 Å². The van der Waals surface area contributed by atoms with Crippen LogP contribution in [0, 0.1) is 27.7 Å². The molecule has 0 aliphatic rings. The number of fused-ring (bicyclic) bond motifs is 3. The Balaban J connectivity index is 1.11. The zero-order valence-corrected chi connectivity index (χ0v) is 44.4. The molecule has 10 nitrogen and oxygen atoms in total. The first-order chi connectivity index (χ1) is 38.3. The van der Waals surface area contributed by atoms with Crippen LogP contribution in [0.2, 0.25) is 0 Å². The van der Waals surface area contributed by atoms with Crippen LogP contribution < -0.4 is 20.7 Å². The highest BCUT2D eigenvalue weighted by Crippen LogP contribution is 2.41. The van der Waals surface area contributed by atoms with E-state index in [1.807, 2.05) is 88.4 Å². The molecule has 0 atom stereocenters. The molecule has 372 valence electrons. The summed E-state index contributed by atoms with van der Waals surface area (Å²) in [6.07, 6.45) is 0. The summed E-state index contributed by atoms with van der Waals surface area (Å²) < 4.78 is 2.38. The summed E-state index contributed by atoms with van der Waals surface area (Å²) >= 11 is 0. The molecular formula is C67H50N10Si. The van der Waals surface area contributed by atoms with Gasteiger partial charge in [0.05, 0.1) is 16.7 Å². The molecule has 0 unspecified atom stereocenters. The number of nitrogens with zero attached hydrogens (tertiary/aromatic N) is 10. The van der Waals surface area contributed by atoms with Gasteiger partial charge in [-0.15, -0.1) is 0 Å². The second kappa shape index (κ2) is 19.9. The Morgan fingerprint density at radius 3 is 1.05 bits per heavy atom. The third kappa shape index (κ3) is 8.71. The van der Waals surface area contributed by atoms with Crippen molar-refractivity contribution in [3.8, 4) is 73.8 Å². The van der Waals surface area contributed by atoms with Crippen LogP contribution in [0.3, 0.4) is 0 Å². The number of benzene rings is 9. The van der Waals surface area contributed by atoms with Crippen LogP contribution in [0.1, 0.15) is 23.3 Å². The SMILES string of the molecule is Cc1nc(C)nc(-c2ccc3c(c2)c2cc(-c4nc(C)nc(C)n4)ccc2n3-c2cc(-c3nc(-c4ccccc4)nc(-c4ccccc4)n3)ccc2-c2cccc([Si](c3ccccc3)(c3ccccc3)c3ccccc3)c2)n1. The van der Waals surface area contributed by atoms with Gasteiger partial charge in [0.2, 0.25) is 0 Å². The van der Waals surface area contributed by atoms with Crippen LogP contribution >= 0.6 is 0 Å². The predicted octanol–water partition coefficient (Wildman–Crippen LogP) is 12.0. The normalized spacial score (nSPS) is 11.6. The average molecular weight is 1020 g/mol. The highest BCUT2D eigenvalue weighted by molar-refractivity contribution is 7.19. The average Bonchev–Trinajstić information content (AvgIpc) is 3.98. The topological polar surface area (TPSA) is 121 Å². The van der Waals surface area contributed by atoms with E-state index in [0.29, 0.717) is 52.4 Å². The van der Waals surface area contributed by atoms with Gasteiger partial charge in [-0.25, -0.2) is 44.9 Å². The van der Waals surface area contributed by atoms with E-state index in [0.717, 1.165) is 66.4 Å². The Morgan fingerprint density at radius 2 is 0.615 bits per heavy atom. The highest BCUT2D eigenvalue weighted by atomic mass is 28.3. The second-order valence-electron chi connectivity index (χ2n) is 19.5. The van der Waals surface area contributed by atoms with E-state index < -0.39 is 8.07 Å². The molecule has 0 saturated heterocycles. The summed E-state index contributed by atoms with van der Waals surface area (Å²) in [4.78, 5) is 43.9. The minimum atomic E-state index is -2.94. The molecule has 4 heterocycles. The lowest BCUT2D eigenvalue weighted by Crippen LogP contribution is -2.74. The minimum absolute atomic E-state index is 0.555. The maximum absolute atomic E-state index is 5.25. The predicted molar refractivity (Wildman–Crippen MR) is 316 cm³/mol. The standard InChI is InChI=1S/C67H50N10Si/c1-43-68-44(2)71-65(70-43)50-34-37-60-58(40-50)59-41-51(66-72-45(3)69-46(4)73-66)35-38-61(59)77(60)62-42-52(67-75-63(47-21-10-5-11-22-47)74-64(76-67)48-23-12-6-13-24-48)33-36-57(62)49-25-20-32-56(39-49)78(53-26-14-7-15-27-53,54-28-16-8-17-29-54)55-30-18-9-19-31-55/h5-42H,1-4H3. The van der Waals surface area contributed by atoms with Crippen LogP contribution in [-0.4, -0.2) is 57.5 Å². The lowest BCUT2D eigenvalue weighted by Gasteiger charge is -2.34. The molecule has 9 aromatic carbocycles. The van der Waals surface area contributed by atoms with Crippen molar-refractivity contribution in [2.45, 2.75) is 27.7 Å². The Bertz CT molecular complexity index is 4060. The van der Waals surface area contributed by atoms with E-state index in [4.69, 9.17) is 34.9 Å². The van der Waals surface area contributed by atoms with Gasteiger partial charge in [0.15, 0.2) is 37.2 Å². The summed E-state index contributed by atoms with van der Waals surface area (Å²) in [7, 11) is -2.94. The minimum Gasteiger partial charge on any atom is -0.309 e. The van der Waals surface area contributed by atoms with Gasteiger partial charge in [0.1, 0.15) is 23.3 Å². The molecule has 0 bridgehead atoms. The lowest BCUT2D eigenvalue weighted by atomic mass is 10.0. The van der Waals surface area contributed by atoms with Crippen molar-refractivity contribution < 1.29 is 0 Å². The van der Waals surface area contributed by atoms with Crippen molar-refractivity contribution in [1.82, 2.24) is 49.4 Å². The van der Waals surface area contributed by atoms with Crippen LogP contribution in [0.5, 0.6) is 0 Å². The maximum atomic E-state index is 5.25.